The smallest absolute Gasteiger partial charge is 0.230 e. The highest BCUT2D eigenvalue weighted by Crippen LogP contribution is 2.39. The van der Waals surface area contributed by atoms with E-state index in [1.807, 2.05) is 12.3 Å². The minimum Gasteiger partial charge on any atom is -0.496 e. The minimum atomic E-state index is 0.126. The summed E-state index contributed by atoms with van der Waals surface area (Å²) < 4.78 is 10.7. The van der Waals surface area contributed by atoms with Gasteiger partial charge in [-0.1, -0.05) is 43.5 Å². The number of benzene rings is 2. The molecule has 1 amide bonds. The zero-order valence-corrected chi connectivity index (χ0v) is 24.2. The lowest BCUT2D eigenvalue weighted by molar-refractivity contribution is -0.123. The highest BCUT2D eigenvalue weighted by atomic mass is 16.5. The molecule has 2 aromatic rings. The van der Waals surface area contributed by atoms with Gasteiger partial charge in [0.15, 0.2) is 0 Å². The minimum absolute atomic E-state index is 0.126. The molecule has 3 fully saturated rings. The Bertz CT molecular complexity index is 1200. The van der Waals surface area contributed by atoms with Gasteiger partial charge in [0, 0.05) is 36.1 Å². The van der Waals surface area contributed by atoms with Crippen molar-refractivity contribution in [1.29, 1.82) is 0 Å². The summed E-state index contributed by atoms with van der Waals surface area (Å²) in [6, 6.07) is 15.1. The first kappa shape index (κ1) is 28.4. The maximum absolute atomic E-state index is 14.0. The molecule has 0 radical (unpaired) electrons. The van der Waals surface area contributed by atoms with Crippen LogP contribution in [0, 0.1) is 18.8 Å². The lowest BCUT2D eigenvalue weighted by Crippen LogP contribution is -2.41. The van der Waals surface area contributed by atoms with Gasteiger partial charge in [-0.25, -0.2) is 0 Å². The van der Waals surface area contributed by atoms with Crippen molar-refractivity contribution in [1.82, 2.24) is 0 Å². The normalized spacial score (nSPS) is 22.7. The maximum atomic E-state index is 14.0. The third-order valence-corrected chi connectivity index (χ3v) is 9.11. The number of anilines is 1. The van der Waals surface area contributed by atoms with Gasteiger partial charge in [-0.05, 0) is 92.2 Å². The van der Waals surface area contributed by atoms with Gasteiger partial charge in [-0.3, -0.25) is 9.79 Å². The van der Waals surface area contributed by atoms with Gasteiger partial charge in [0.25, 0.3) is 0 Å². The van der Waals surface area contributed by atoms with Crippen LogP contribution in [0.1, 0.15) is 80.4 Å². The van der Waals surface area contributed by atoms with Crippen LogP contribution >= 0.6 is 0 Å². The van der Waals surface area contributed by atoms with Gasteiger partial charge in [0.1, 0.15) is 5.75 Å². The molecule has 0 aromatic heterocycles. The van der Waals surface area contributed by atoms with Crippen LogP contribution < -0.4 is 15.4 Å². The van der Waals surface area contributed by atoms with E-state index in [1.165, 1.54) is 17.5 Å². The predicted octanol–water partition coefficient (Wildman–Crippen LogP) is 6.66. The molecule has 5 rings (SSSR count). The van der Waals surface area contributed by atoms with E-state index in [0.29, 0.717) is 31.0 Å². The number of carbonyl (C=O) groups excluding carboxylic acids is 1. The Balaban J connectivity index is 1.31. The summed E-state index contributed by atoms with van der Waals surface area (Å²) in [5.74, 6) is 2.44. The molecular weight excluding hydrogens is 498 g/mol. The highest BCUT2D eigenvalue weighted by Gasteiger charge is 2.31. The summed E-state index contributed by atoms with van der Waals surface area (Å²) >= 11 is 0. The van der Waals surface area contributed by atoms with Crippen molar-refractivity contribution in [3.63, 3.8) is 0 Å². The first-order chi connectivity index (χ1) is 19.6. The van der Waals surface area contributed by atoms with Gasteiger partial charge < -0.3 is 20.1 Å². The van der Waals surface area contributed by atoms with Gasteiger partial charge in [-0.2, -0.15) is 0 Å². The maximum Gasteiger partial charge on any atom is 0.230 e. The fourth-order valence-corrected chi connectivity index (χ4v) is 6.55. The van der Waals surface area contributed by atoms with Crippen molar-refractivity contribution in [3.05, 3.63) is 65.4 Å². The number of hydrogen-bond acceptors (Lipinski definition) is 5. The van der Waals surface area contributed by atoms with E-state index in [-0.39, 0.29) is 12.0 Å². The van der Waals surface area contributed by atoms with Crippen LogP contribution in [0.2, 0.25) is 0 Å². The molecule has 2 saturated carbocycles. The Kier molecular flexibility index (Phi) is 9.58. The van der Waals surface area contributed by atoms with Crippen LogP contribution in [0.3, 0.4) is 0 Å². The molecule has 6 heteroatoms. The lowest BCUT2D eigenvalue weighted by atomic mass is 9.78. The average molecular weight is 544 g/mol. The topological polar surface area (TPSA) is 77.1 Å². The molecule has 1 aliphatic heterocycles. The molecule has 0 atom stereocenters. The number of methoxy groups -OCH3 is 1. The Morgan fingerprint density at radius 3 is 2.48 bits per heavy atom. The van der Waals surface area contributed by atoms with Crippen molar-refractivity contribution >= 4 is 23.4 Å². The quantitative estimate of drug-likeness (QED) is 0.359. The molecule has 6 nitrogen and oxygen atoms in total. The number of amides is 1. The fraction of sp³-hybridized carbons (Fsp3) is 0.529. The first-order valence-electron chi connectivity index (χ1n) is 15.1. The molecule has 0 unspecified atom stereocenters. The molecule has 2 N–H and O–H groups in total. The molecule has 214 valence electrons. The van der Waals surface area contributed by atoms with Crippen LogP contribution in [0.4, 0.5) is 5.69 Å². The van der Waals surface area contributed by atoms with E-state index in [0.717, 1.165) is 80.5 Å². The van der Waals surface area contributed by atoms with Crippen LogP contribution in [0.15, 0.2) is 53.7 Å². The average Bonchev–Trinajstić information content (AvgIpc) is 2.97. The summed E-state index contributed by atoms with van der Waals surface area (Å²) in [4.78, 5) is 20.7. The van der Waals surface area contributed by atoms with E-state index in [2.05, 4.69) is 53.2 Å². The van der Waals surface area contributed by atoms with Crippen LogP contribution in [-0.4, -0.2) is 45.0 Å². The van der Waals surface area contributed by atoms with Gasteiger partial charge >= 0.3 is 0 Å². The Morgan fingerprint density at radius 1 is 1.05 bits per heavy atom. The van der Waals surface area contributed by atoms with E-state index < -0.39 is 0 Å². The van der Waals surface area contributed by atoms with Crippen molar-refractivity contribution in [2.75, 3.05) is 31.8 Å². The second-order valence-corrected chi connectivity index (χ2v) is 11.9. The monoisotopic (exact) mass is 543 g/mol. The summed E-state index contributed by atoms with van der Waals surface area (Å²) in [5, 5.41) is 0. The lowest BCUT2D eigenvalue weighted by Gasteiger charge is -2.35. The number of nitrogens with two attached hydrogens (primary N) is 1. The number of nitrogens with zero attached hydrogens (tertiary/aromatic N) is 2. The van der Waals surface area contributed by atoms with E-state index in [9.17, 15) is 4.79 Å². The molecule has 2 aliphatic carbocycles. The van der Waals surface area contributed by atoms with Gasteiger partial charge in [-0.15, -0.1) is 0 Å². The summed E-state index contributed by atoms with van der Waals surface area (Å²) in [7, 11) is 1.73. The zero-order valence-electron chi connectivity index (χ0n) is 24.2. The van der Waals surface area contributed by atoms with Crippen LogP contribution in [0.25, 0.3) is 5.57 Å². The second-order valence-electron chi connectivity index (χ2n) is 11.9. The van der Waals surface area contributed by atoms with Gasteiger partial charge in [0.2, 0.25) is 5.91 Å². The summed E-state index contributed by atoms with van der Waals surface area (Å²) in [6.45, 7) is 4.23. The molecule has 2 aromatic carbocycles. The SMILES string of the molecule is COc1ccc(C2CCC(CN(C(=O)C3CCCCC3)c3cccc(C(C=NC4COC4)=CN)c3)CC2)cc1C. The van der Waals surface area contributed by atoms with Crippen LogP contribution in [0.5, 0.6) is 5.75 Å². The molecule has 0 spiro atoms. The fourth-order valence-electron chi connectivity index (χ4n) is 6.55. The number of aryl methyl sites for hydroxylation is 1. The molecule has 0 bridgehead atoms. The zero-order chi connectivity index (χ0) is 27.9. The van der Waals surface area contributed by atoms with Crippen LogP contribution in [-0.2, 0) is 9.53 Å². The summed E-state index contributed by atoms with van der Waals surface area (Å²) in [6.07, 6.45) is 13.6. The van der Waals surface area contributed by atoms with E-state index >= 15 is 0 Å². The van der Waals surface area contributed by atoms with Gasteiger partial charge in [0.05, 0.1) is 26.4 Å². The van der Waals surface area contributed by atoms with E-state index in [4.69, 9.17) is 15.2 Å². The standard InChI is InChI=1S/C34H45N3O3/c1-24-17-29(15-16-33(24)39-2)26-13-11-25(12-14-26)21-37(34(38)27-7-4-3-5-8-27)32-10-6-9-28(18-32)30(19-35)20-36-31-22-40-23-31/h6,9-10,15-20,25-27,31H,3-5,7-8,11-14,21-23,35H2,1-2H3. The number of rotatable bonds is 9. The van der Waals surface area contributed by atoms with Crippen molar-refractivity contribution < 1.29 is 14.3 Å². The van der Waals surface area contributed by atoms with E-state index in [1.54, 1.807) is 13.3 Å². The third kappa shape index (κ3) is 6.77. The first-order valence-corrected chi connectivity index (χ1v) is 15.1. The predicted molar refractivity (Wildman–Crippen MR) is 163 cm³/mol. The van der Waals surface area contributed by atoms with Crippen molar-refractivity contribution in [3.8, 4) is 5.75 Å². The Morgan fingerprint density at radius 2 is 1.82 bits per heavy atom. The molecule has 1 saturated heterocycles. The Hall–Kier alpha value is -3.12. The molecule has 1 heterocycles. The second kappa shape index (κ2) is 13.5. The number of allylic oxidation sites excluding steroid dienone is 1. The number of carbonyl (C=O) groups is 1. The highest BCUT2D eigenvalue weighted by molar-refractivity contribution is 6.10. The molecular formula is C34H45N3O3. The van der Waals surface area contributed by atoms with Crippen molar-refractivity contribution in [2.24, 2.45) is 22.6 Å². The number of ether oxygens (including phenoxy) is 2. The third-order valence-electron chi connectivity index (χ3n) is 9.11. The summed E-state index contributed by atoms with van der Waals surface area (Å²) in [5.41, 5.74) is 11.5. The molecule has 3 aliphatic rings. The molecule has 40 heavy (non-hydrogen) atoms. The van der Waals surface area contributed by atoms with Crippen molar-refractivity contribution in [2.45, 2.75) is 76.7 Å². The number of aliphatic imine (C=N–C) groups is 1. The number of hydrogen-bond donors (Lipinski definition) is 1. The largest absolute Gasteiger partial charge is 0.496 e. The Labute approximate surface area is 239 Å².